The highest BCUT2D eigenvalue weighted by Crippen LogP contribution is 2.32. The van der Waals surface area contributed by atoms with Crippen LogP contribution >= 0.6 is 0 Å². The van der Waals surface area contributed by atoms with Crippen molar-refractivity contribution >= 4 is 41.9 Å². The van der Waals surface area contributed by atoms with Crippen molar-refractivity contribution < 1.29 is 66.7 Å². The first-order valence-electron chi connectivity index (χ1n) is 16.6. The first-order valence-corrected chi connectivity index (χ1v) is 16.6. The van der Waals surface area contributed by atoms with Crippen LogP contribution in [0.3, 0.4) is 0 Å². The van der Waals surface area contributed by atoms with Gasteiger partial charge in [-0.2, -0.15) is 0 Å². The quantitative estimate of drug-likeness (QED) is 0.0705. The molecule has 0 radical (unpaired) electrons. The largest absolute Gasteiger partial charge is 0.463 e. The van der Waals surface area contributed by atoms with Crippen molar-refractivity contribution in [3.63, 3.8) is 0 Å². The molecule has 2 unspecified atom stereocenters. The number of unbranched alkanes of at least 4 members (excludes halogenated alkanes) is 1. The number of carbonyl (C=O) groups is 6. The van der Waals surface area contributed by atoms with Gasteiger partial charge in [0.25, 0.3) is 0 Å². The van der Waals surface area contributed by atoms with Gasteiger partial charge in [-0.15, -0.1) is 0 Å². The maximum absolute atomic E-state index is 12.9. The molecule has 0 aliphatic carbocycles. The Labute approximate surface area is 304 Å². The lowest BCUT2D eigenvalue weighted by molar-refractivity contribution is -0.140. The van der Waals surface area contributed by atoms with E-state index < -0.39 is 60.2 Å². The second-order valence-corrected chi connectivity index (χ2v) is 11.7. The van der Waals surface area contributed by atoms with Crippen LogP contribution in [0.5, 0.6) is 11.5 Å². The molecule has 276 valence electrons. The van der Waals surface area contributed by atoms with Crippen LogP contribution in [0.1, 0.15) is 56.4 Å². The molecule has 14 heteroatoms. The highest BCUT2D eigenvalue weighted by molar-refractivity contribution is 5.93. The zero-order chi connectivity index (χ0) is 37.7. The summed E-state index contributed by atoms with van der Waals surface area (Å²) in [6.07, 6.45) is 2.22. The summed E-state index contributed by atoms with van der Waals surface area (Å²) < 4.78 is 43.2. The minimum Gasteiger partial charge on any atom is -0.463 e. The molecule has 3 aromatic carbocycles. The highest BCUT2D eigenvalue weighted by atomic mass is 16.7. The zero-order valence-electron chi connectivity index (χ0n) is 28.6. The molecule has 2 fully saturated rings. The number of fused-ring (bicyclic) bond motifs is 1. The van der Waals surface area contributed by atoms with E-state index in [9.17, 15) is 28.8 Å². The van der Waals surface area contributed by atoms with Gasteiger partial charge in [-0.05, 0) is 85.1 Å². The molecule has 0 saturated carbocycles. The number of esters is 6. The molecule has 2 saturated heterocycles. The SMILES string of the molecule is C=CC(=O)OCCCCOC(=O)/C=C/c1ccc(C(=O)Oc2ccc(C(=O)O[C@@H]3COC4C3OC[C@H]4OC(=O)c3ccc(OC(C)=O)cc3)cc2)cc1. The van der Waals surface area contributed by atoms with Gasteiger partial charge in [0, 0.05) is 19.1 Å². The Morgan fingerprint density at radius 3 is 1.58 bits per heavy atom. The van der Waals surface area contributed by atoms with Crippen molar-refractivity contribution in [2.24, 2.45) is 0 Å². The Balaban J connectivity index is 1.03. The third-order valence-corrected chi connectivity index (χ3v) is 7.88. The highest BCUT2D eigenvalue weighted by Gasteiger charge is 2.51. The third-order valence-electron chi connectivity index (χ3n) is 7.88. The lowest BCUT2D eigenvalue weighted by Crippen LogP contribution is -2.36. The van der Waals surface area contributed by atoms with Gasteiger partial charge in [-0.1, -0.05) is 18.7 Å². The van der Waals surface area contributed by atoms with E-state index in [0.717, 1.165) is 6.08 Å². The molecule has 0 N–H and O–H groups in total. The number of hydrogen-bond acceptors (Lipinski definition) is 14. The van der Waals surface area contributed by atoms with E-state index in [1.165, 1.54) is 61.5 Å². The van der Waals surface area contributed by atoms with Gasteiger partial charge in [-0.25, -0.2) is 24.0 Å². The van der Waals surface area contributed by atoms with E-state index in [-0.39, 0.29) is 48.9 Å². The summed E-state index contributed by atoms with van der Waals surface area (Å²) >= 11 is 0. The summed E-state index contributed by atoms with van der Waals surface area (Å²) in [5.74, 6) is -2.91. The zero-order valence-corrected chi connectivity index (χ0v) is 28.6. The number of benzene rings is 3. The molecule has 3 aromatic rings. The monoisotopic (exact) mass is 728 g/mol. The van der Waals surface area contributed by atoms with E-state index >= 15 is 0 Å². The van der Waals surface area contributed by atoms with Crippen molar-refractivity contribution in [3.8, 4) is 11.5 Å². The smallest absolute Gasteiger partial charge is 0.343 e. The number of rotatable bonds is 15. The van der Waals surface area contributed by atoms with E-state index in [0.29, 0.717) is 24.2 Å². The lowest BCUT2D eigenvalue weighted by atomic mass is 10.1. The van der Waals surface area contributed by atoms with E-state index in [4.69, 9.17) is 37.9 Å². The maximum atomic E-state index is 12.9. The minimum atomic E-state index is -0.743. The Bertz CT molecular complexity index is 1830. The fourth-order valence-electron chi connectivity index (χ4n) is 5.24. The molecule has 2 heterocycles. The van der Waals surface area contributed by atoms with Gasteiger partial charge in [0.05, 0.1) is 43.1 Å². The van der Waals surface area contributed by atoms with Crippen molar-refractivity contribution in [1.29, 1.82) is 0 Å². The fourth-order valence-corrected chi connectivity index (χ4v) is 5.24. The van der Waals surface area contributed by atoms with Gasteiger partial charge in [-0.3, -0.25) is 4.79 Å². The normalized spacial score (nSPS) is 18.7. The summed E-state index contributed by atoms with van der Waals surface area (Å²) in [6, 6.07) is 18.1. The van der Waals surface area contributed by atoms with Gasteiger partial charge >= 0.3 is 35.8 Å². The topological polar surface area (TPSA) is 176 Å². The van der Waals surface area contributed by atoms with Gasteiger partial charge in [0.15, 0.2) is 12.2 Å². The second-order valence-electron chi connectivity index (χ2n) is 11.7. The van der Waals surface area contributed by atoms with E-state index in [1.807, 2.05) is 0 Å². The molecule has 2 aliphatic heterocycles. The predicted octanol–water partition coefficient (Wildman–Crippen LogP) is 4.45. The average Bonchev–Trinajstić information content (AvgIpc) is 3.75. The van der Waals surface area contributed by atoms with Crippen LogP contribution in [0.15, 0.2) is 91.5 Å². The average molecular weight is 729 g/mol. The van der Waals surface area contributed by atoms with Crippen molar-refractivity contribution in [2.45, 2.75) is 44.2 Å². The van der Waals surface area contributed by atoms with Crippen LogP contribution in [0.2, 0.25) is 0 Å². The van der Waals surface area contributed by atoms with Crippen molar-refractivity contribution in [2.75, 3.05) is 26.4 Å². The van der Waals surface area contributed by atoms with Crippen LogP contribution in [0.25, 0.3) is 6.08 Å². The standard InChI is InChI=1S/C39H36O14/c1-3-33(41)46-20-4-5-21-47-34(42)19-8-25-6-9-26(10-7-25)37(43)51-30-17-13-28(14-18-30)39(45)53-32-23-49-35-31(22-48-36(32)35)52-38(44)27-11-15-29(16-12-27)50-24(2)40/h3,6-19,31-32,35-36H,1,4-5,20-23H2,2H3/b19-8+/t31-,32-,35?,36?/m1/s1. The molecule has 4 atom stereocenters. The molecule has 53 heavy (non-hydrogen) atoms. The first kappa shape index (κ1) is 38.1. The molecular formula is C39H36O14. The molecular weight excluding hydrogens is 692 g/mol. The molecule has 14 nitrogen and oxygen atoms in total. The van der Waals surface area contributed by atoms with Crippen molar-refractivity contribution in [3.05, 3.63) is 114 Å². The van der Waals surface area contributed by atoms with Crippen LogP contribution in [0.4, 0.5) is 0 Å². The molecule has 5 rings (SSSR count). The van der Waals surface area contributed by atoms with E-state index in [2.05, 4.69) is 6.58 Å². The maximum Gasteiger partial charge on any atom is 0.343 e. The van der Waals surface area contributed by atoms with Gasteiger partial charge in [0.1, 0.15) is 23.7 Å². The molecule has 0 amide bonds. The van der Waals surface area contributed by atoms with Crippen LogP contribution in [-0.2, 0) is 42.8 Å². The Hall–Kier alpha value is -6.12. The minimum absolute atomic E-state index is 0.0402. The third kappa shape index (κ3) is 10.9. The summed E-state index contributed by atoms with van der Waals surface area (Å²) in [5.41, 5.74) is 1.37. The Morgan fingerprint density at radius 2 is 1.09 bits per heavy atom. The molecule has 2 aliphatic rings. The Kier molecular flexibility index (Phi) is 13.2. The Morgan fingerprint density at radius 1 is 0.642 bits per heavy atom. The summed E-state index contributed by atoms with van der Waals surface area (Å²) in [6.45, 7) is 5.06. The van der Waals surface area contributed by atoms with E-state index in [1.54, 1.807) is 30.3 Å². The molecule has 0 spiro atoms. The first-order chi connectivity index (χ1) is 25.6. The van der Waals surface area contributed by atoms with Crippen LogP contribution in [0, 0.1) is 0 Å². The molecule has 0 aromatic heterocycles. The van der Waals surface area contributed by atoms with Gasteiger partial charge in [0.2, 0.25) is 0 Å². The van der Waals surface area contributed by atoms with Crippen LogP contribution < -0.4 is 9.47 Å². The summed E-state index contributed by atoms with van der Waals surface area (Å²) in [7, 11) is 0. The summed E-state index contributed by atoms with van der Waals surface area (Å²) in [4.78, 5) is 72.3. The predicted molar refractivity (Wildman–Crippen MR) is 184 cm³/mol. The van der Waals surface area contributed by atoms with Crippen LogP contribution in [-0.4, -0.2) is 86.7 Å². The second kappa shape index (κ2) is 18.4. The fraction of sp³-hybridized carbons (Fsp3) is 0.282. The number of carbonyl (C=O) groups excluding carboxylic acids is 6. The number of ether oxygens (including phenoxy) is 8. The van der Waals surface area contributed by atoms with Crippen molar-refractivity contribution in [1.82, 2.24) is 0 Å². The molecule has 0 bridgehead atoms. The van der Waals surface area contributed by atoms with Gasteiger partial charge < -0.3 is 37.9 Å². The number of hydrogen-bond donors (Lipinski definition) is 0. The lowest BCUT2D eigenvalue weighted by Gasteiger charge is -2.17. The summed E-state index contributed by atoms with van der Waals surface area (Å²) in [5, 5.41) is 0.